The molecule has 0 saturated heterocycles. The van der Waals surface area contributed by atoms with E-state index in [2.05, 4.69) is 4.94 Å². The molecule has 0 fully saturated rings. The predicted octanol–water partition coefficient (Wildman–Crippen LogP) is 1.05. The lowest BCUT2D eigenvalue weighted by Crippen LogP contribution is -2.33. The van der Waals surface area contributed by atoms with Crippen LogP contribution in [0.1, 0.15) is 12.5 Å². The van der Waals surface area contributed by atoms with E-state index in [1.165, 1.54) is 0 Å². The van der Waals surface area contributed by atoms with Crippen molar-refractivity contribution in [3.63, 3.8) is 0 Å². The van der Waals surface area contributed by atoms with Gasteiger partial charge in [0.25, 0.3) is 0 Å². The van der Waals surface area contributed by atoms with Gasteiger partial charge in [0.15, 0.2) is 0 Å². The van der Waals surface area contributed by atoms with Crippen LogP contribution in [0.15, 0.2) is 24.3 Å². The molecular formula is C8H11N3O3. The summed E-state index contributed by atoms with van der Waals surface area (Å²) < 4.78 is 0. The maximum absolute atomic E-state index is 9.97. The molecule has 0 atom stereocenters. The van der Waals surface area contributed by atoms with Gasteiger partial charge in [-0.05, 0) is 24.1 Å². The number of nitrogens with zero attached hydrogens (tertiary/aromatic N) is 2. The molecule has 1 aromatic rings. The third-order valence-corrected chi connectivity index (χ3v) is 1.75. The summed E-state index contributed by atoms with van der Waals surface area (Å²) in [5.74, 6) is 5.26. The minimum atomic E-state index is -0.965. The van der Waals surface area contributed by atoms with Gasteiger partial charge in [0.2, 0.25) is 0 Å². The normalized spacial score (nSPS) is 9.57. The van der Waals surface area contributed by atoms with Crippen LogP contribution in [0.5, 0.6) is 0 Å². The highest BCUT2D eigenvalue weighted by molar-refractivity contribution is 5.43. The second-order valence-electron chi connectivity index (χ2n) is 2.65. The standard InChI is InChI=1S/C8H11N3O3/c1-2-7-3-5-8(6-4-7)10(9)14-11(12)13/h3-6H,2,9H2,1H3. The number of nitrogens with two attached hydrogens (primary N) is 1. The molecule has 0 amide bonds. The van der Waals surface area contributed by atoms with E-state index in [0.717, 1.165) is 12.0 Å². The SMILES string of the molecule is CCc1ccc(N(N)O[N+](=O)[O-])cc1. The van der Waals surface area contributed by atoms with Crippen molar-refractivity contribution in [2.75, 3.05) is 5.17 Å². The number of rotatable bonds is 4. The van der Waals surface area contributed by atoms with Crippen molar-refractivity contribution in [3.8, 4) is 0 Å². The number of hydrogen-bond donors (Lipinski definition) is 1. The molecule has 0 aromatic heterocycles. The molecule has 1 rings (SSSR count). The first-order valence-corrected chi connectivity index (χ1v) is 4.09. The summed E-state index contributed by atoms with van der Waals surface area (Å²) in [7, 11) is 0. The van der Waals surface area contributed by atoms with Crippen LogP contribution in [0.2, 0.25) is 0 Å². The molecule has 0 unspecified atom stereocenters. The van der Waals surface area contributed by atoms with Gasteiger partial charge in [0.05, 0.1) is 5.69 Å². The van der Waals surface area contributed by atoms with E-state index in [-0.39, 0.29) is 0 Å². The van der Waals surface area contributed by atoms with E-state index in [4.69, 9.17) is 5.84 Å². The number of hydrogen-bond acceptors (Lipinski definition) is 5. The summed E-state index contributed by atoms with van der Waals surface area (Å²) in [5.41, 5.74) is 1.56. The summed E-state index contributed by atoms with van der Waals surface area (Å²) in [6.45, 7) is 2.02. The van der Waals surface area contributed by atoms with Gasteiger partial charge < -0.3 is 0 Å². The van der Waals surface area contributed by atoms with Gasteiger partial charge in [-0.2, -0.15) is 4.94 Å². The Morgan fingerprint density at radius 1 is 1.50 bits per heavy atom. The van der Waals surface area contributed by atoms with Crippen LogP contribution in [-0.2, 0) is 11.4 Å². The fourth-order valence-corrected chi connectivity index (χ4v) is 0.998. The lowest BCUT2D eigenvalue weighted by molar-refractivity contribution is -0.762. The first-order valence-electron chi connectivity index (χ1n) is 4.09. The van der Waals surface area contributed by atoms with Crippen LogP contribution in [0.4, 0.5) is 5.69 Å². The largest absolute Gasteiger partial charge is 0.318 e. The van der Waals surface area contributed by atoms with E-state index < -0.39 is 5.09 Å². The highest BCUT2D eigenvalue weighted by atomic mass is 17.0. The Balaban J connectivity index is 2.71. The molecular weight excluding hydrogens is 186 g/mol. The van der Waals surface area contributed by atoms with Crippen LogP contribution in [0.25, 0.3) is 0 Å². The minimum absolute atomic E-state index is 0.430. The van der Waals surface area contributed by atoms with Gasteiger partial charge in [-0.15, -0.1) is 15.3 Å². The van der Waals surface area contributed by atoms with Crippen LogP contribution in [0.3, 0.4) is 0 Å². The number of benzene rings is 1. The van der Waals surface area contributed by atoms with Crippen molar-refractivity contribution < 1.29 is 10.0 Å². The van der Waals surface area contributed by atoms with Crippen LogP contribution >= 0.6 is 0 Å². The highest BCUT2D eigenvalue weighted by Gasteiger charge is 2.05. The van der Waals surface area contributed by atoms with Gasteiger partial charge in [-0.25, -0.2) is 5.84 Å². The molecule has 6 nitrogen and oxygen atoms in total. The second kappa shape index (κ2) is 4.43. The second-order valence-corrected chi connectivity index (χ2v) is 2.65. The van der Waals surface area contributed by atoms with Crippen LogP contribution in [-0.4, -0.2) is 5.09 Å². The molecule has 0 heterocycles. The third kappa shape index (κ3) is 2.60. The molecule has 0 bridgehead atoms. The van der Waals surface area contributed by atoms with E-state index >= 15 is 0 Å². The van der Waals surface area contributed by atoms with Gasteiger partial charge >= 0.3 is 5.09 Å². The zero-order chi connectivity index (χ0) is 10.6. The van der Waals surface area contributed by atoms with Crippen molar-refractivity contribution in [3.05, 3.63) is 39.9 Å². The monoisotopic (exact) mass is 197 g/mol. The predicted molar refractivity (Wildman–Crippen MR) is 50.6 cm³/mol. The molecule has 1 aromatic carbocycles. The van der Waals surface area contributed by atoms with Crippen LogP contribution < -0.4 is 11.0 Å². The summed E-state index contributed by atoms with van der Waals surface area (Å²) in [4.78, 5) is 14.0. The van der Waals surface area contributed by atoms with E-state index in [0.29, 0.717) is 10.9 Å². The Hall–Kier alpha value is -1.82. The molecule has 0 radical (unpaired) electrons. The Kier molecular flexibility index (Phi) is 3.24. The third-order valence-electron chi connectivity index (χ3n) is 1.75. The topological polar surface area (TPSA) is 81.6 Å². The van der Waals surface area contributed by atoms with Crippen molar-refractivity contribution in [1.29, 1.82) is 0 Å². The Morgan fingerprint density at radius 3 is 2.50 bits per heavy atom. The lowest BCUT2D eigenvalue weighted by atomic mass is 10.1. The molecule has 2 N–H and O–H groups in total. The minimum Gasteiger partial charge on any atom is -0.223 e. The Labute approximate surface area is 80.9 Å². The zero-order valence-corrected chi connectivity index (χ0v) is 7.71. The molecule has 0 spiro atoms. The van der Waals surface area contributed by atoms with Crippen molar-refractivity contribution in [2.24, 2.45) is 5.84 Å². The van der Waals surface area contributed by atoms with Gasteiger partial charge in [0, 0.05) is 0 Å². The van der Waals surface area contributed by atoms with Gasteiger partial charge in [-0.1, -0.05) is 19.1 Å². The van der Waals surface area contributed by atoms with E-state index in [1.807, 2.05) is 19.1 Å². The molecule has 6 heteroatoms. The van der Waals surface area contributed by atoms with Crippen molar-refractivity contribution in [1.82, 2.24) is 0 Å². The molecule has 0 aliphatic heterocycles. The first-order chi connectivity index (χ1) is 6.63. The summed E-state index contributed by atoms with van der Waals surface area (Å²) >= 11 is 0. The number of aryl methyl sites for hydroxylation is 1. The molecule has 0 aliphatic carbocycles. The lowest BCUT2D eigenvalue weighted by Gasteiger charge is -2.13. The van der Waals surface area contributed by atoms with E-state index in [1.54, 1.807) is 12.1 Å². The number of hydrazine groups is 1. The quantitative estimate of drug-likeness (QED) is 0.443. The zero-order valence-electron chi connectivity index (χ0n) is 7.71. The molecule has 0 saturated carbocycles. The van der Waals surface area contributed by atoms with Gasteiger partial charge in [0.1, 0.15) is 0 Å². The summed E-state index contributed by atoms with van der Waals surface area (Å²) in [6.07, 6.45) is 0.904. The maximum atomic E-state index is 9.97. The smallest absolute Gasteiger partial charge is 0.223 e. The number of anilines is 1. The molecule has 76 valence electrons. The van der Waals surface area contributed by atoms with Crippen molar-refractivity contribution >= 4 is 5.69 Å². The Morgan fingerprint density at radius 2 is 2.07 bits per heavy atom. The van der Waals surface area contributed by atoms with Crippen molar-refractivity contribution in [2.45, 2.75) is 13.3 Å². The van der Waals surface area contributed by atoms with E-state index in [9.17, 15) is 10.1 Å². The fraction of sp³-hybridized carbons (Fsp3) is 0.250. The van der Waals surface area contributed by atoms with Gasteiger partial charge in [-0.3, -0.25) is 0 Å². The maximum Gasteiger partial charge on any atom is 0.318 e. The highest BCUT2D eigenvalue weighted by Crippen LogP contribution is 2.12. The average Bonchev–Trinajstić information content (AvgIpc) is 2.17. The summed E-state index contributed by atoms with van der Waals surface area (Å²) in [6, 6.07) is 6.97. The average molecular weight is 197 g/mol. The first kappa shape index (κ1) is 10.3. The van der Waals surface area contributed by atoms with Crippen LogP contribution in [0, 0.1) is 10.1 Å². The fourth-order valence-electron chi connectivity index (χ4n) is 0.998. The Bertz CT molecular complexity index is 312. The molecule has 14 heavy (non-hydrogen) atoms. The molecule has 0 aliphatic rings. The summed E-state index contributed by atoms with van der Waals surface area (Å²) in [5, 5.41) is 9.61.